The summed E-state index contributed by atoms with van der Waals surface area (Å²) in [6.45, 7) is -0.257. The Hall–Kier alpha value is -4.29. The standard InChI is InChI=1S/C24H19F5N6O2/c1-33-5-4-18(23(33)37)34(10-12-2-3-13(6-15(12)25)24(27,28)29)22(36)14-7-19-17(8-16(14)26)32-21(30)20-9-31-11-35(19)20/h2-3,6-9,11,18H,4-5,10H2,1H3,(H2,30,32)/t18-/m1/s1. The second-order valence-corrected chi connectivity index (χ2v) is 8.77. The Bertz CT molecular complexity index is 1570. The third kappa shape index (κ3) is 4.19. The SMILES string of the molecule is CN1CC[C@@H](N(Cc2ccc(C(F)(F)F)cc2F)C(=O)c2cc3c(cc2F)nc(N)c2cncn23)C1=O. The zero-order valence-corrected chi connectivity index (χ0v) is 19.3. The summed E-state index contributed by atoms with van der Waals surface area (Å²) in [5.41, 5.74) is 4.90. The number of nitrogens with zero attached hydrogens (tertiary/aromatic N) is 5. The minimum atomic E-state index is -4.76. The summed E-state index contributed by atoms with van der Waals surface area (Å²) in [6.07, 6.45) is -1.72. The molecule has 0 aliphatic carbocycles. The second-order valence-electron chi connectivity index (χ2n) is 8.77. The highest BCUT2D eigenvalue weighted by Gasteiger charge is 2.38. The predicted octanol–water partition coefficient (Wildman–Crippen LogP) is 3.63. The van der Waals surface area contributed by atoms with Gasteiger partial charge in [0.1, 0.15) is 29.0 Å². The van der Waals surface area contributed by atoms with Gasteiger partial charge in [0, 0.05) is 31.8 Å². The van der Waals surface area contributed by atoms with Gasteiger partial charge in [-0.3, -0.25) is 14.0 Å². The van der Waals surface area contributed by atoms with E-state index in [-0.39, 0.29) is 23.3 Å². The summed E-state index contributed by atoms with van der Waals surface area (Å²) in [7, 11) is 1.52. The lowest BCUT2D eigenvalue weighted by molar-refractivity contribution is -0.137. The largest absolute Gasteiger partial charge is 0.416 e. The van der Waals surface area contributed by atoms with Crippen molar-refractivity contribution in [1.29, 1.82) is 0 Å². The molecule has 1 fully saturated rings. The number of rotatable bonds is 4. The first-order valence-corrected chi connectivity index (χ1v) is 11.1. The summed E-state index contributed by atoms with van der Waals surface area (Å²) >= 11 is 0. The number of carbonyl (C=O) groups is 2. The number of hydrogen-bond acceptors (Lipinski definition) is 5. The van der Waals surface area contributed by atoms with Gasteiger partial charge in [0.15, 0.2) is 0 Å². The Balaban J connectivity index is 1.59. The molecule has 8 nitrogen and oxygen atoms in total. The number of benzene rings is 2. The van der Waals surface area contributed by atoms with Gasteiger partial charge in [-0.15, -0.1) is 0 Å². The molecule has 1 atom stereocenters. The first kappa shape index (κ1) is 24.4. The van der Waals surface area contributed by atoms with Gasteiger partial charge in [-0.25, -0.2) is 18.7 Å². The lowest BCUT2D eigenvalue weighted by Gasteiger charge is -2.28. The predicted molar refractivity (Wildman–Crippen MR) is 122 cm³/mol. The van der Waals surface area contributed by atoms with Crippen molar-refractivity contribution in [3.63, 3.8) is 0 Å². The molecule has 1 aliphatic rings. The molecule has 0 spiro atoms. The first-order chi connectivity index (χ1) is 17.5. The van der Waals surface area contributed by atoms with Crippen LogP contribution in [0.4, 0.5) is 27.8 Å². The number of nitrogen functional groups attached to an aromatic ring is 1. The summed E-state index contributed by atoms with van der Waals surface area (Å²) in [5.74, 6) is -3.45. The Morgan fingerprint density at radius 3 is 2.57 bits per heavy atom. The average Bonchev–Trinajstić information content (AvgIpc) is 3.45. The van der Waals surface area contributed by atoms with Crippen molar-refractivity contribution < 1.29 is 31.5 Å². The monoisotopic (exact) mass is 518 g/mol. The van der Waals surface area contributed by atoms with E-state index >= 15 is 4.39 Å². The number of likely N-dealkylation sites (tertiary alicyclic amines) is 1. The molecule has 192 valence electrons. The van der Waals surface area contributed by atoms with Crippen LogP contribution in [-0.4, -0.2) is 55.6 Å². The number of imidazole rings is 1. The third-order valence-electron chi connectivity index (χ3n) is 6.45. The molecule has 2 aromatic heterocycles. The van der Waals surface area contributed by atoms with Crippen molar-refractivity contribution in [1.82, 2.24) is 24.2 Å². The highest BCUT2D eigenvalue weighted by molar-refractivity contribution is 6.01. The number of amides is 2. The molecule has 3 heterocycles. The van der Waals surface area contributed by atoms with E-state index in [0.717, 1.165) is 17.0 Å². The maximum absolute atomic E-state index is 15.2. The van der Waals surface area contributed by atoms with Crippen molar-refractivity contribution in [3.05, 3.63) is 71.2 Å². The van der Waals surface area contributed by atoms with Crippen LogP contribution in [0.5, 0.6) is 0 Å². The maximum Gasteiger partial charge on any atom is 0.416 e. The zero-order chi connectivity index (χ0) is 26.6. The molecule has 2 N–H and O–H groups in total. The molecule has 2 amide bonds. The summed E-state index contributed by atoms with van der Waals surface area (Å²) in [6, 6.07) is 3.09. The van der Waals surface area contributed by atoms with Gasteiger partial charge < -0.3 is 15.5 Å². The van der Waals surface area contributed by atoms with Crippen LogP contribution in [0.3, 0.4) is 0 Å². The molecule has 0 saturated carbocycles. The van der Waals surface area contributed by atoms with Gasteiger partial charge in [-0.2, -0.15) is 13.2 Å². The Morgan fingerprint density at radius 2 is 1.92 bits per heavy atom. The van der Waals surface area contributed by atoms with E-state index in [1.165, 1.54) is 34.9 Å². The molecule has 2 aromatic carbocycles. The van der Waals surface area contributed by atoms with Crippen LogP contribution >= 0.6 is 0 Å². The van der Waals surface area contributed by atoms with Crippen LogP contribution in [0.25, 0.3) is 16.6 Å². The van der Waals surface area contributed by atoms with E-state index < -0.39 is 53.3 Å². The van der Waals surface area contributed by atoms with Crippen LogP contribution in [0.15, 0.2) is 42.9 Å². The number of fused-ring (bicyclic) bond motifs is 3. The maximum atomic E-state index is 15.2. The van der Waals surface area contributed by atoms with Crippen LogP contribution in [0, 0.1) is 11.6 Å². The Morgan fingerprint density at radius 1 is 1.16 bits per heavy atom. The van der Waals surface area contributed by atoms with Crippen molar-refractivity contribution in [2.45, 2.75) is 25.2 Å². The fourth-order valence-corrected chi connectivity index (χ4v) is 4.47. The number of likely N-dealkylation sites (N-methyl/N-ethyl adjacent to an activating group) is 1. The number of aromatic nitrogens is 3. The molecule has 4 aromatic rings. The van der Waals surface area contributed by atoms with Crippen molar-refractivity contribution in [3.8, 4) is 0 Å². The molecule has 0 radical (unpaired) electrons. The van der Waals surface area contributed by atoms with Crippen molar-refractivity contribution in [2.75, 3.05) is 19.3 Å². The van der Waals surface area contributed by atoms with E-state index in [2.05, 4.69) is 9.97 Å². The quantitative estimate of drug-likeness (QED) is 0.417. The number of carbonyl (C=O) groups excluding carboxylic acids is 2. The van der Waals surface area contributed by atoms with Gasteiger partial charge in [0.25, 0.3) is 5.91 Å². The van der Waals surface area contributed by atoms with Crippen LogP contribution < -0.4 is 5.73 Å². The molecule has 5 rings (SSSR count). The topological polar surface area (TPSA) is 96.8 Å². The first-order valence-electron chi connectivity index (χ1n) is 11.1. The molecule has 1 aliphatic heterocycles. The van der Waals surface area contributed by atoms with Crippen LogP contribution in [-0.2, 0) is 17.5 Å². The van der Waals surface area contributed by atoms with E-state index in [4.69, 9.17) is 5.73 Å². The second kappa shape index (κ2) is 8.68. The average molecular weight is 518 g/mol. The summed E-state index contributed by atoms with van der Waals surface area (Å²) in [5, 5.41) is 0. The van der Waals surface area contributed by atoms with Crippen molar-refractivity contribution >= 4 is 34.2 Å². The lowest BCUT2D eigenvalue weighted by Crippen LogP contribution is -2.44. The van der Waals surface area contributed by atoms with Gasteiger partial charge in [0.2, 0.25) is 5.91 Å². The van der Waals surface area contributed by atoms with Gasteiger partial charge in [0.05, 0.1) is 34.7 Å². The number of anilines is 1. The Kier molecular flexibility index (Phi) is 5.72. The van der Waals surface area contributed by atoms with E-state index in [1.807, 2.05) is 0 Å². The molecule has 0 unspecified atom stereocenters. The summed E-state index contributed by atoms with van der Waals surface area (Å²) < 4.78 is 70.4. The molecule has 13 heteroatoms. The molecule has 37 heavy (non-hydrogen) atoms. The highest BCUT2D eigenvalue weighted by atomic mass is 19.4. The number of nitrogens with two attached hydrogens (primary N) is 1. The highest BCUT2D eigenvalue weighted by Crippen LogP contribution is 2.32. The third-order valence-corrected chi connectivity index (χ3v) is 6.45. The number of hydrogen-bond donors (Lipinski definition) is 1. The molecular weight excluding hydrogens is 499 g/mol. The Labute approximate surface area is 206 Å². The summed E-state index contributed by atoms with van der Waals surface area (Å²) in [4.78, 5) is 36.9. The normalized spacial score (nSPS) is 16.2. The van der Waals surface area contributed by atoms with Crippen LogP contribution in [0.1, 0.15) is 27.9 Å². The van der Waals surface area contributed by atoms with Crippen LogP contribution in [0.2, 0.25) is 0 Å². The van der Waals surface area contributed by atoms with E-state index in [0.29, 0.717) is 29.7 Å². The van der Waals surface area contributed by atoms with Gasteiger partial charge in [-0.05, 0) is 24.6 Å². The van der Waals surface area contributed by atoms with Gasteiger partial charge in [-0.1, -0.05) is 6.07 Å². The molecule has 0 bridgehead atoms. The lowest BCUT2D eigenvalue weighted by atomic mass is 10.1. The van der Waals surface area contributed by atoms with E-state index in [1.54, 1.807) is 0 Å². The number of alkyl halides is 3. The van der Waals surface area contributed by atoms with Gasteiger partial charge >= 0.3 is 6.18 Å². The fourth-order valence-electron chi connectivity index (χ4n) is 4.47. The minimum absolute atomic E-state index is 0.0995. The van der Waals surface area contributed by atoms with Crippen molar-refractivity contribution in [2.24, 2.45) is 0 Å². The fraction of sp³-hybridized carbons (Fsp3) is 0.250. The zero-order valence-electron chi connectivity index (χ0n) is 19.3. The number of halogens is 5. The minimum Gasteiger partial charge on any atom is -0.382 e. The smallest absolute Gasteiger partial charge is 0.382 e. The molecule has 1 saturated heterocycles. The molecular formula is C24H19F5N6O2. The van der Waals surface area contributed by atoms with E-state index in [9.17, 15) is 27.2 Å².